The molecule has 3 amide bonds. The number of carboxylic acid groups (broad SMARTS) is 1. The van der Waals surface area contributed by atoms with Crippen molar-refractivity contribution >= 4 is 52.9 Å². The van der Waals surface area contributed by atoms with Crippen LogP contribution in [0, 0.1) is 10.8 Å². The van der Waals surface area contributed by atoms with Crippen LogP contribution in [0.4, 0.5) is 30.8 Å². The lowest BCUT2D eigenvalue weighted by atomic mass is 9.63. The van der Waals surface area contributed by atoms with Gasteiger partial charge in [0, 0.05) is 28.9 Å². The summed E-state index contributed by atoms with van der Waals surface area (Å²) in [6.07, 6.45) is -0.897. The Morgan fingerprint density at radius 3 is 2.09 bits per heavy atom. The molecule has 54 heavy (non-hydrogen) atoms. The number of carboxylic acids is 1. The highest BCUT2D eigenvalue weighted by atomic mass is 35.5. The zero-order valence-corrected chi connectivity index (χ0v) is 30.8. The minimum absolute atomic E-state index is 0.0342. The van der Waals surface area contributed by atoms with Crippen molar-refractivity contribution in [2.45, 2.75) is 83.6 Å². The van der Waals surface area contributed by atoms with Crippen molar-refractivity contribution in [2.24, 2.45) is 10.8 Å². The number of carbonyl (C=O) groups is 4. The van der Waals surface area contributed by atoms with Gasteiger partial charge in [-0.1, -0.05) is 51.4 Å². The second kappa shape index (κ2) is 15.7. The summed E-state index contributed by atoms with van der Waals surface area (Å²) >= 11 is 6.02. The third-order valence-corrected chi connectivity index (χ3v) is 9.30. The second-order valence-corrected chi connectivity index (χ2v) is 15.7. The van der Waals surface area contributed by atoms with E-state index in [9.17, 15) is 37.5 Å². The number of anilines is 3. The van der Waals surface area contributed by atoms with Crippen LogP contribution in [0.2, 0.25) is 5.02 Å². The Morgan fingerprint density at radius 2 is 1.52 bits per heavy atom. The number of nitrogens with zero attached hydrogens (tertiary/aromatic N) is 3. The van der Waals surface area contributed by atoms with Gasteiger partial charge in [0.05, 0.1) is 5.54 Å². The van der Waals surface area contributed by atoms with Crippen LogP contribution < -0.4 is 31.3 Å². The number of halogens is 4. The summed E-state index contributed by atoms with van der Waals surface area (Å²) in [6, 6.07) is 10.3. The normalized spacial score (nSPS) is 17.7. The summed E-state index contributed by atoms with van der Waals surface area (Å²) in [5.74, 6) is -4.33. The molecular weight excluding hydrogens is 733 g/mol. The fourth-order valence-corrected chi connectivity index (χ4v) is 7.15. The van der Waals surface area contributed by atoms with E-state index < -0.39 is 60.6 Å². The van der Waals surface area contributed by atoms with E-state index in [4.69, 9.17) is 16.3 Å². The van der Waals surface area contributed by atoms with Crippen LogP contribution in [-0.4, -0.2) is 75.2 Å². The molecule has 1 atom stereocenters. The maximum atomic E-state index is 13.0. The summed E-state index contributed by atoms with van der Waals surface area (Å²) in [5, 5.41) is 23.6. The first-order chi connectivity index (χ1) is 25.2. The summed E-state index contributed by atoms with van der Waals surface area (Å²) in [7, 11) is 0. The average Bonchev–Trinajstić information content (AvgIpc) is 3.84. The molecular formula is C36H42ClF3N8O6. The number of benzene rings is 2. The quantitative estimate of drug-likeness (QED) is 0.123. The number of rotatable bonds is 13. The third-order valence-electron chi connectivity index (χ3n) is 9.05. The van der Waals surface area contributed by atoms with Crippen molar-refractivity contribution in [1.82, 2.24) is 30.9 Å². The standard InChI is InChI=1S/C36H42ClF3N8O6/c1-33(2)15-24(16-34(3,4)18-33)42-28(51)27(50)41-17-25(29(52)53)44-26(49)20-5-11-23(12-6-20)43-30-45-31(47-32(46-30)54-19-36(38,39)40)48-35(13-14-35)21-7-9-22(37)10-8-21/h5-12,24-25H,13-19H2,1-4H3,(H,41,50)(H,42,51)(H,44,49)(H,52,53)(H2,43,45,46,47,48)/t25-/m0/s1. The molecule has 0 saturated heterocycles. The largest absolute Gasteiger partial charge is 0.480 e. The number of nitrogens with one attached hydrogen (secondary N) is 5. The van der Waals surface area contributed by atoms with Crippen molar-refractivity contribution in [1.29, 1.82) is 0 Å². The SMILES string of the molecule is CC1(C)CC(NC(=O)C(=O)NC[C@H](NC(=O)c2ccc(Nc3nc(NC4(c5ccc(Cl)cc5)CC4)nc(OCC(F)(F)F)n3)cc2)C(=O)O)CC(C)(C)C1. The zero-order chi connectivity index (χ0) is 39.5. The Balaban J connectivity index is 1.20. The van der Waals surface area contributed by atoms with Gasteiger partial charge in [-0.2, -0.15) is 28.1 Å². The van der Waals surface area contributed by atoms with Gasteiger partial charge in [0.15, 0.2) is 6.61 Å². The van der Waals surface area contributed by atoms with Gasteiger partial charge in [-0.25, -0.2) is 4.79 Å². The number of amides is 3. The number of alkyl halides is 3. The monoisotopic (exact) mass is 774 g/mol. The van der Waals surface area contributed by atoms with Gasteiger partial charge >= 0.3 is 30.0 Å². The maximum Gasteiger partial charge on any atom is 0.422 e. The number of ether oxygens (including phenoxy) is 1. The molecule has 18 heteroatoms. The van der Waals surface area contributed by atoms with Crippen LogP contribution in [0.25, 0.3) is 0 Å². The Labute approximate surface area is 314 Å². The Hall–Kier alpha value is -5.19. The van der Waals surface area contributed by atoms with Gasteiger partial charge in [-0.3, -0.25) is 14.4 Å². The minimum Gasteiger partial charge on any atom is -0.480 e. The van der Waals surface area contributed by atoms with Gasteiger partial charge in [0.25, 0.3) is 5.91 Å². The second-order valence-electron chi connectivity index (χ2n) is 15.2. The number of hydrogen-bond acceptors (Lipinski definition) is 10. The smallest absolute Gasteiger partial charge is 0.422 e. The molecule has 14 nitrogen and oxygen atoms in total. The first-order valence-corrected chi connectivity index (χ1v) is 17.6. The van der Waals surface area contributed by atoms with Crippen molar-refractivity contribution in [3.05, 3.63) is 64.7 Å². The molecule has 1 heterocycles. The van der Waals surface area contributed by atoms with E-state index in [0.717, 1.165) is 12.0 Å². The van der Waals surface area contributed by atoms with E-state index in [-0.39, 0.29) is 34.3 Å². The first-order valence-electron chi connectivity index (χ1n) is 17.2. The van der Waals surface area contributed by atoms with Crippen LogP contribution in [-0.2, 0) is 19.9 Å². The fraction of sp³-hybridized carbons (Fsp3) is 0.472. The molecule has 2 aliphatic rings. The maximum absolute atomic E-state index is 13.0. The van der Waals surface area contributed by atoms with E-state index in [1.54, 1.807) is 12.1 Å². The van der Waals surface area contributed by atoms with E-state index in [1.165, 1.54) is 24.3 Å². The van der Waals surface area contributed by atoms with E-state index >= 15 is 0 Å². The number of aliphatic carboxylic acids is 1. The van der Waals surface area contributed by atoms with Crippen molar-refractivity contribution in [2.75, 3.05) is 23.8 Å². The fourth-order valence-electron chi connectivity index (χ4n) is 7.02. The van der Waals surface area contributed by atoms with Gasteiger partial charge in [-0.05, 0) is 84.9 Å². The number of carbonyl (C=O) groups excluding carboxylic acids is 3. The molecule has 3 aromatic rings. The predicted molar refractivity (Wildman–Crippen MR) is 192 cm³/mol. The summed E-state index contributed by atoms with van der Waals surface area (Å²) in [4.78, 5) is 62.4. The van der Waals surface area contributed by atoms with Crippen LogP contribution in [0.1, 0.15) is 75.7 Å². The van der Waals surface area contributed by atoms with Gasteiger partial charge < -0.3 is 36.4 Å². The topological polar surface area (TPSA) is 197 Å². The van der Waals surface area contributed by atoms with Crippen molar-refractivity contribution < 1.29 is 42.2 Å². The lowest BCUT2D eigenvalue weighted by Gasteiger charge is -2.45. The molecule has 1 aromatic heterocycles. The van der Waals surface area contributed by atoms with Crippen molar-refractivity contribution in [3.8, 4) is 6.01 Å². The molecule has 2 fully saturated rings. The molecule has 2 saturated carbocycles. The molecule has 0 radical (unpaired) electrons. The third kappa shape index (κ3) is 11.2. The lowest BCUT2D eigenvalue weighted by Crippen LogP contribution is -2.53. The van der Waals surface area contributed by atoms with E-state index in [0.29, 0.717) is 36.4 Å². The molecule has 2 aromatic carbocycles. The Kier molecular flexibility index (Phi) is 11.6. The van der Waals surface area contributed by atoms with E-state index in [2.05, 4.69) is 69.2 Å². The highest BCUT2D eigenvalue weighted by Crippen LogP contribution is 2.48. The summed E-state index contributed by atoms with van der Waals surface area (Å²) in [6.45, 7) is 6.22. The highest BCUT2D eigenvalue weighted by Gasteiger charge is 2.45. The summed E-state index contributed by atoms with van der Waals surface area (Å²) < 4.78 is 43.6. The number of aromatic nitrogens is 3. The average molecular weight is 775 g/mol. The Bertz CT molecular complexity index is 1860. The molecule has 0 bridgehead atoms. The van der Waals surface area contributed by atoms with Gasteiger partial charge in [0.1, 0.15) is 6.04 Å². The first kappa shape index (κ1) is 40.0. The molecule has 6 N–H and O–H groups in total. The number of hydrogen-bond donors (Lipinski definition) is 6. The summed E-state index contributed by atoms with van der Waals surface area (Å²) in [5.41, 5.74) is 0.619. The predicted octanol–water partition coefficient (Wildman–Crippen LogP) is 5.33. The zero-order valence-electron chi connectivity index (χ0n) is 30.1. The molecule has 5 rings (SSSR count). The van der Waals surface area contributed by atoms with Crippen LogP contribution in [0.5, 0.6) is 6.01 Å². The van der Waals surface area contributed by atoms with Gasteiger partial charge in [0.2, 0.25) is 11.9 Å². The van der Waals surface area contributed by atoms with Crippen LogP contribution in [0.15, 0.2) is 48.5 Å². The van der Waals surface area contributed by atoms with Gasteiger partial charge in [-0.15, -0.1) is 0 Å². The molecule has 2 aliphatic carbocycles. The molecule has 290 valence electrons. The molecule has 0 spiro atoms. The molecule has 0 unspecified atom stereocenters. The van der Waals surface area contributed by atoms with E-state index in [1.807, 2.05) is 12.1 Å². The lowest BCUT2D eigenvalue weighted by molar-refractivity contribution is -0.154. The Morgan fingerprint density at radius 1 is 0.907 bits per heavy atom. The van der Waals surface area contributed by atoms with Crippen LogP contribution >= 0.6 is 11.6 Å². The minimum atomic E-state index is -4.64. The van der Waals surface area contributed by atoms with Crippen LogP contribution in [0.3, 0.4) is 0 Å². The highest BCUT2D eigenvalue weighted by molar-refractivity contribution is 6.35. The van der Waals surface area contributed by atoms with Crippen molar-refractivity contribution in [3.63, 3.8) is 0 Å². The molecule has 0 aliphatic heterocycles.